The van der Waals surface area contributed by atoms with E-state index in [9.17, 15) is 36.0 Å². The largest absolute Gasteiger partial charge is 0.432 e. The first-order chi connectivity index (χ1) is 12.1. The molecule has 0 fully saturated rings. The molecule has 0 bridgehead atoms. The minimum Gasteiger partial charge on any atom is -0.244 e. The van der Waals surface area contributed by atoms with E-state index in [1.807, 2.05) is 0 Å². The van der Waals surface area contributed by atoms with Crippen molar-refractivity contribution in [2.24, 2.45) is 0 Å². The molecular formula is C18H15F8N. The zero-order valence-corrected chi connectivity index (χ0v) is 14.3. The van der Waals surface area contributed by atoms with Crippen LogP contribution in [0, 0.1) is 11.3 Å². The second-order valence-corrected chi connectivity index (χ2v) is 7.04. The van der Waals surface area contributed by atoms with Crippen LogP contribution in [-0.2, 0) is 5.41 Å². The first kappa shape index (κ1) is 21.2. The number of nitriles is 1. The Bertz CT molecular complexity index is 783. The maximum absolute atomic E-state index is 15.3. The summed E-state index contributed by atoms with van der Waals surface area (Å²) in [5.41, 5.74) is -13.4. The van der Waals surface area contributed by atoms with Crippen LogP contribution in [0.1, 0.15) is 37.8 Å². The number of halogens is 8. The molecule has 0 radical (unpaired) electrons. The maximum atomic E-state index is 15.3. The van der Waals surface area contributed by atoms with Crippen molar-refractivity contribution in [3.8, 4) is 6.07 Å². The smallest absolute Gasteiger partial charge is 0.244 e. The summed E-state index contributed by atoms with van der Waals surface area (Å²) in [6.45, 7) is 1.95. The van der Waals surface area contributed by atoms with Crippen molar-refractivity contribution in [1.29, 1.82) is 5.26 Å². The van der Waals surface area contributed by atoms with Gasteiger partial charge in [-0.3, -0.25) is 0 Å². The van der Waals surface area contributed by atoms with E-state index in [1.54, 1.807) is 0 Å². The Morgan fingerprint density at radius 1 is 1.00 bits per heavy atom. The van der Waals surface area contributed by atoms with E-state index in [-0.39, 0.29) is 5.57 Å². The molecule has 148 valence electrons. The standard InChI is InChI=1S/C18H15F8N/c1-11-7-14(2,19)10-15(8-11,13-6-4-3-5-12(13)9-27)16(20,17(21,22)23)18(24,25)26/h3-6,8H,7,10H2,1-2H3. The zero-order chi connectivity index (χ0) is 20.9. The van der Waals surface area contributed by atoms with Crippen molar-refractivity contribution >= 4 is 0 Å². The van der Waals surface area contributed by atoms with E-state index in [0.29, 0.717) is 6.08 Å². The molecule has 2 unspecified atom stereocenters. The molecular weight excluding hydrogens is 382 g/mol. The van der Waals surface area contributed by atoms with Crippen LogP contribution >= 0.6 is 0 Å². The average Bonchev–Trinajstić information content (AvgIpc) is 2.49. The molecule has 1 nitrogen and oxygen atoms in total. The van der Waals surface area contributed by atoms with Gasteiger partial charge in [0, 0.05) is 6.42 Å². The van der Waals surface area contributed by atoms with Crippen LogP contribution in [0.15, 0.2) is 35.9 Å². The van der Waals surface area contributed by atoms with Gasteiger partial charge >= 0.3 is 18.0 Å². The monoisotopic (exact) mass is 397 g/mol. The van der Waals surface area contributed by atoms with Gasteiger partial charge in [-0.1, -0.05) is 29.8 Å². The van der Waals surface area contributed by atoms with Gasteiger partial charge in [0.1, 0.15) is 5.67 Å². The molecule has 1 aliphatic rings. The highest BCUT2D eigenvalue weighted by atomic mass is 19.4. The van der Waals surface area contributed by atoms with Crippen LogP contribution in [0.2, 0.25) is 0 Å². The number of alkyl halides is 8. The topological polar surface area (TPSA) is 23.8 Å². The third kappa shape index (κ3) is 3.19. The molecule has 0 saturated carbocycles. The molecule has 0 saturated heterocycles. The van der Waals surface area contributed by atoms with Gasteiger partial charge in [-0.25, -0.2) is 8.78 Å². The highest BCUT2D eigenvalue weighted by Gasteiger charge is 2.82. The van der Waals surface area contributed by atoms with E-state index < -0.39 is 53.1 Å². The van der Waals surface area contributed by atoms with Crippen LogP contribution in [-0.4, -0.2) is 23.7 Å². The van der Waals surface area contributed by atoms with Crippen molar-refractivity contribution < 1.29 is 35.1 Å². The SMILES string of the molecule is CC1=CC(c2ccccc2C#N)(C(F)(C(F)(F)F)C(F)(F)F)CC(C)(F)C1. The number of hydrogen-bond acceptors (Lipinski definition) is 1. The molecule has 0 heterocycles. The molecule has 0 aliphatic heterocycles. The molecule has 1 aliphatic carbocycles. The van der Waals surface area contributed by atoms with Crippen molar-refractivity contribution in [3.63, 3.8) is 0 Å². The van der Waals surface area contributed by atoms with E-state index in [2.05, 4.69) is 0 Å². The van der Waals surface area contributed by atoms with Crippen molar-refractivity contribution in [1.82, 2.24) is 0 Å². The van der Waals surface area contributed by atoms with Crippen LogP contribution in [0.4, 0.5) is 35.1 Å². The molecule has 0 spiro atoms. The second-order valence-electron chi connectivity index (χ2n) is 7.04. The van der Waals surface area contributed by atoms with Gasteiger partial charge < -0.3 is 0 Å². The third-order valence-electron chi connectivity index (χ3n) is 4.71. The Balaban J connectivity index is 3.04. The number of rotatable bonds is 2. The van der Waals surface area contributed by atoms with Gasteiger partial charge in [0.05, 0.1) is 17.0 Å². The van der Waals surface area contributed by atoms with E-state index in [4.69, 9.17) is 0 Å². The van der Waals surface area contributed by atoms with Gasteiger partial charge in [0.2, 0.25) is 0 Å². The van der Waals surface area contributed by atoms with Crippen LogP contribution in [0.25, 0.3) is 0 Å². The Morgan fingerprint density at radius 3 is 1.96 bits per heavy atom. The predicted molar refractivity (Wildman–Crippen MR) is 81.3 cm³/mol. The lowest BCUT2D eigenvalue weighted by molar-refractivity contribution is -0.361. The summed E-state index contributed by atoms with van der Waals surface area (Å²) < 4.78 is 112. The minimum atomic E-state index is -6.40. The minimum absolute atomic E-state index is 0.172. The first-order valence-electron chi connectivity index (χ1n) is 7.80. The molecule has 1 aromatic rings. The number of nitrogens with zero attached hydrogens (tertiary/aromatic N) is 1. The first-order valence-corrected chi connectivity index (χ1v) is 7.80. The Morgan fingerprint density at radius 2 is 1.52 bits per heavy atom. The summed E-state index contributed by atoms with van der Waals surface area (Å²) in [5, 5.41) is 9.18. The Kier molecular flexibility index (Phi) is 4.88. The van der Waals surface area contributed by atoms with Crippen molar-refractivity contribution in [3.05, 3.63) is 47.0 Å². The molecule has 9 heteroatoms. The van der Waals surface area contributed by atoms with Crippen LogP contribution < -0.4 is 0 Å². The average molecular weight is 397 g/mol. The molecule has 0 N–H and O–H groups in total. The fourth-order valence-corrected chi connectivity index (χ4v) is 3.96. The molecule has 0 aromatic heterocycles. The van der Waals surface area contributed by atoms with Gasteiger partial charge in [-0.05, 0) is 31.9 Å². The van der Waals surface area contributed by atoms with Crippen LogP contribution in [0.5, 0.6) is 0 Å². The molecule has 2 atom stereocenters. The van der Waals surface area contributed by atoms with Crippen molar-refractivity contribution in [2.75, 3.05) is 0 Å². The Hall–Kier alpha value is -2.11. The lowest BCUT2D eigenvalue weighted by Gasteiger charge is -2.50. The normalized spacial score (nSPS) is 27.1. The summed E-state index contributed by atoms with van der Waals surface area (Å²) in [6.07, 6.45) is -14.2. The zero-order valence-electron chi connectivity index (χ0n) is 14.3. The molecule has 1 aromatic carbocycles. The second kappa shape index (κ2) is 6.21. The quantitative estimate of drug-likeness (QED) is 0.437. The summed E-state index contributed by atoms with van der Waals surface area (Å²) in [4.78, 5) is 0. The summed E-state index contributed by atoms with van der Waals surface area (Å²) in [6, 6.07) is 5.55. The Labute approximate surface area is 150 Å². The maximum Gasteiger partial charge on any atom is 0.432 e. The van der Waals surface area contributed by atoms with Gasteiger partial charge in [-0.15, -0.1) is 0 Å². The summed E-state index contributed by atoms with van der Waals surface area (Å²) in [5.74, 6) is 0. The highest BCUT2D eigenvalue weighted by molar-refractivity contribution is 5.50. The number of hydrogen-bond donors (Lipinski definition) is 0. The predicted octanol–water partition coefficient (Wildman–Crippen LogP) is 6.10. The molecule has 0 amide bonds. The third-order valence-corrected chi connectivity index (χ3v) is 4.71. The molecule has 27 heavy (non-hydrogen) atoms. The van der Waals surface area contributed by atoms with E-state index in [1.165, 1.54) is 12.1 Å². The fourth-order valence-electron chi connectivity index (χ4n) is 3.96. The van der Waals surface area contributed by atoms with Crippen LogP contribution in [0.3, 0.4) is 0 Å². The lowest BCUT2D eigenvalue weighted by Crippen LogP contribution is -2.67. The van der Waals surface area contributed by atoms with Gasteiger partial charge in [0.25, 0.3) is 0 Å². The highest BCUT2D eigenvalue weighted by Crippen LogP contribution is 2.62. The van der Waals surface area contributed by atoms with Gasteiger partial charge in [0.15, 0.2) is 0 Å². The fraction of sp³-hybridized carbons (Fsp3) is 0.500. The number of benzene rings is 1. The van der Waals surface area contributed by atoms with Gasteiger partial charge in [-0.2, -0.15) is 31.6 Å². The molecule has 2 rings (SSSR count). The number of allylic oxidation sites excluding steroid dienone is 2. The van der Waals surface area contributed by atoms with Crippen molar-refractivity contribution in [2.45, 2.75) is 55.8 Å². The van der Waals surface area contributed by atoms with E-state index in [0.717, 1.165) is 32.0 Å². The van der Waals surface area contributed by atoms with E-state index >= 15 is 4.39 Å². The lowest BCUT2D eigenvalue weighted by atomic mass is 9.58. The summed E-state index contributed by atoms with van der Waals surface area (Å²) in [7, 11) is 0. The summed E-state index contributed by atoms with van der Waals surface area (Å²) >= 11 is 0.